The largest absolute Gasteiger partial charge is 0.237 e. The Labute approximate surface area is 59.7 Å². The second-order valence-corrected chi connectivity index (χ2v) is 2.28. The number of hydrogen-bond acceptors (Lipinski definition) is 6. The molecule has 6 nitrogen and oxygen atoms in total. The van der Waals surface area contributed by atoms with Gasteiger partial charge < -0.3 is 0 Å². The van der Waals surface area contributed by atoms with Crippen molar-refractivity contribution >= 4 is 17.2 Å². The summed E-state index contributed by atoms with van der Waals surface area (Å²) in [6.45, 7) is 0. The van der Waals surface area contributed by atoms with E-state index in [9.17, 15) is 0 Å². The zero-order valence-electron chi connectivity index (χ0n) is 4.67. The van der Waals surface area contributed by atoms with Gasteiger partial charge >= 0.3 is 0 Å². The Hall–Kier alpha value is -1.37. The van der Waals surface area contributed by atoms with E-state index in [2.05, 4.69) is 31.2 Å². The summed E-state index contributed by atoms with van der Waals surface area (Å²) in [5, 5.41) is 18.2. The molecule has 0 saturated carbocycles. The maximum atomic E-state index is 3.72. The predicted octanol–water partition coefficient (Wildman–Crippen LogP) is 0.185. The molecule has 0 spiro atoms. The van der Waals surface area contributed by atoms with E-state index in [4.69, 9.17) is 0 Å². The Kier molecular flexibility index (Phi) is 1.14. The third-order valence-electron chi connectivity index (χ3n) is 0.870. The van der Waals surface area contributed by atoms with E-state index in [1.54, 1.807) is 5.51 Å². The minimum Gasteiger partial charge on any atom is -0.147 e. The average Bonchev–Trinajstić information content (AvgIpc) is 2.59. The molecule has 2 rings (SSSR count). The second-order valence-electron chi connectivity index (χ2n) is 1.45. The van der Waals surface area contributed by atoms with E-state index >= 15 is 0 Å². The lowest BCUT2D eigenvalue weighted by atomic mass is 10.6. The van der Waals surface area contributed by atoms with Crippen LogP contribution >= 0.6 is 11.3 Å². The molecule has 0 saturated heterocycles. The smallest absolute Gasteiger partial charge is 0.147 e. The van der Waals surface area contributed by atoms with Gasteiger partial charge in [-0.05, 0) is 10.4 Å². The number of amidine groups is 1. The highest BCUT2D eigenvalue weighted by atomic mass is 32.1. The van der Waals surface area contributed by atoms with Crippen LogP contribution in [0.1, 0.15) is 5.01 Å². The van der Waals surface area contributed by atoms with Crippen molar-refractivity contribution in [1.29, 1.82) is 0 Å². The van der Waals surface area contributed by atoms with Gasteiger partial charge in [0.25, 0.3) is 0 Å². The highest BCUT2D eigenvalue weighted by molar-refractivity contribution is 7.11. The number of nitrogens with zero attached hydrogens (tertiary/aromatic N) is 6. The SMILES string of the molecule is c1nnc(C2=NN=N[N]2)s1. The molecule has 0 amide bonds. The monoisotopic (exact) mass is 153 g/mol. The summed E-state index contributed by atoms with van der Waals surface area (Å²) in [5.74, 6) is 0.433. The van der Waals surface area contributed by atoms with Crippen LogP contribution < -0.4 is 5.43 Å². The zero-order chi connectivity index (χ0) is 6.81. The molecule has 0 fully saturated rings. The molecule has 10 heavy (non-hydrogen) atoms. The van der Waals surface area contributed by atoms with Gasteiger partial charge in [-0.15, -0.1) is 20.7 Å². The van der Waals surface area contributed by atoms with E-state index in [0.29, 0.717) is 10.8 Å². The van der Waals surface area contributed by atoms with E-state index in [-0.39, 0.29) is 0 Å². The van der Waals surface area contributed by atoms with Gasteiger partial charge in [0.05, 0.1) is 0 Å². The van der Waals surface area contributed by atoms with Gasteiger partial charge in [0, 0.05) is 0 Å². The predicted molar refractivity (Wildman–Crippen MR) is 33.4 cm³/mol. The molecule has 0 atom stereocenters. The first kappa shape index (κ1) is 5.42. The van der Waals surface area contributed by atoms with Gasteiger partial charge in [-0.1, -0.05) is 11.3 Å². The van der Waals surface area contributed by atoms with Crippen LogP contribution in [0.3, 0.4) is 0 Å². The summed E-state index contributed by atoms with van der Waals surface area (Å²) >= 11 is 1.35. The van der Waals surface area contributed by atoms with Crippen molar-refractivity contribution < 1.29 is 0 Å². The minimum absolute atomic E-state index is 0.433. The minimum atomic E-state index is 0.433. The molecule has 1 aromatic heterocycles. The van der Waals surface area contributed by atoms with Crippen LogP contribution in [0.4, 0.5) is 0 Å². The Balaban J connectivity index is 2.30. The number of hydrogen-bond donors (Lipinski definition) is 0. The van der Waals surface area contributed by atoms with Crippen LogP contribution in [0.25, 0.3) is 0 Å². The third kappa shape index (κ3) is 0.760. The van der Waals surface area contributed by atoms with E-state index in [1.165, 1.54) is 11.3 Å². The van der Waals surface area contributed by atoms with Crippen molar-refractivity contribution in [3.63, 3.8) is 0 Å². The van der Waals surface area contributed by atoms with Crippen molar-refractivity contribution in [3.8, 4) is 0 Å². The van der Waals surface area contributed by atoms with E-state index in [0.717, 1.165) is 0 Å². The first-order chi connectivity index (χ1) is 4.97. The first-order valence-corrected chi connectivity index (χ1v) is 3.30. The quantitative estimate of drug-likeness (QED) is 0.577. The van der Waals surface area contributed by atoms with Gasteiger partial charge in [0.2, 0.25) is 5.84 Å². The van der Waals surface area contributed by atoms with Gasteiger partial charge in [0.1, 0.15) is 5.51 Å². The molecule has 0 bridgehead atoms. The lowest BCUT2D eigenvalue weighted by molar-refractivity contribution is 0.920. The summed E-state index contributed by atoms with van der Waals surface area (Å²) in [6, 6.07) is 0. The van der Waals surface area contributed by atoms with Gasteiger partial charge in [0.15, 0.2) is 5.01 Å². The zero-order valence-corrected chi connectivity index (χ0v) is 5.49. The molecule has 2 heterocycles. The average molecular weight is 153 g/mol. The summed E-state index contributed by atoms with van der Waals surface area (Å²) in [4.78, 5) is 0. The normalized spacial score (nSPS) is 15.0. The summed E-state index contributed by atoms with van der Waals surface area (Å²) in [7, 11) is 0. The lowest BCUT2D eigenvalue weighted by Gasteiger charge is -1.83. The maximum Gasteiger partial charge on any atom is 0.237 e. The molecule has 0 N–H and O–H groups in total. The summed E-state index contributed by atoms with van der Waals surface area (Å²) < 4.78 is 0. The topological polar surface area (TPSA) is 77.0 Å². The molecule has 49 valence electrons. The van der Waals surface area contributed by atoms with Crippen LogP contribution in [0.5, 0.6) is 0 Å². The first-order valence-electron chi connectivity index (χ1n) is 2.42. The fraction of sp³-hybridized carbons (Fsp3) is 0. The Bertz CT molecular complexity index is 273. The lowest BCUT2D eigenvalue weighted by Crippen LogP contribution is -2.06. The number of aromatic nitrogens is 2. The van der Waals surface area contributed by atoms with Gasteiger partial charge in [-0.2, -0.15) is 0 Å². The Morgan fingerprint density at radius 3 is 2.90 bits per heavy atom. The van der Waals surface area contributed by atoms with Crippen molar-refractivity contribution in [3.05, 3.63) is 10.5 Å². The highest BCUT2D eigenvalue weighted by Crippen LogP contribution is 2.05. The molecule has 7 heteroatoms. The molecule has 1 aromatic rings. The highest BCUT2D eigenvalue weighted by Gasteiger charge is 2.11. The Morgan fingerprint density at radius 2 is 2.30 bits per heavy atom. The van der Waals surface area contributed by atoms with Crippen molar-refractivity contribution in [2.24, 2.45) is 15.5 Å². The summed E-state index contributed by atoms with van der Waals surface area (Å²) in [5.41, 5.74) is 5.20. The fourth-order valence-corrected chi connectivity index (χ4v) is 0.976. The van der Waals surface area contributed by atoms with Gasteiger partial charge in [-0.3, -0.25) is 0 Å². The van der Waals surface area contributed by atoms with Crippen LogP contribution in [-0.4, -0.2) is 16.0 Å². The Morgan fingerprint density at radius 1 is 1.30 bits per heavy atom. The van der Waals surface area contributed by atoms with Crippen LogP contribution in [0, 0.1) is 0 Å². The molecular formula is C3HN6S. The number of rotatable bonds is 1. The third-order valence-corrected chi connectivity index (χ3v) is 1.56. The van der Waals surface area contributed by atoms with Crippen molar-refractivity contribution in [1.82, 2.24) is 15.6 Å². The van der Waals surface area contributed by atoms with E-state index < -0.39 is 0 Å². The van der Waals surface area contributed by atoms with Crippen LogP contribution in [0.2, 0.25) is 0 Å². The molecule has 1 aliphatic heterocycles. The molecule has 0 aromatic carbocycles. The van der Waals surface area contributed by atoms with Crippen molar-refractivity contribution in [2.45, 2.75) is 0 Å². The molecule has 1 aliphatic rings. The molecule has 0 unspecified atom stereocenters. The van der Waals surface area contributed by atoms with Crippen LogP contribution in [0.15, 0.2) is 21.1 Å². The van der Waals surface area contributed by atoms with Gasteiger partial charge in [-0.25, -0.2) is 0 Å². The molecule has 1 radical (unpaired) electrons. The summed E-state index contributed by atoms with van der Waals surface area (Å²) in [6.07, 6.45) is 0. The molecule has 0 aliphatic carbocycles. The fourth-order valence-electron chi connectivity index (χ4n) is 0.501. The molecular weight excluding hydrogens is 152 g/mol. The van der Waals surface area contributed by atoms with Crippen LogP contribution in [-0.2, 0) is 0 Å². The maximum absolute atomic E-state index is 3.72. The second kappa shape index (κ2) is 2.10. The van der Waals surface area contributed by atoms with Crippen molar-refractivity contribution in [2.75, 3.05) is 0 Å². The standard InChI is InChI=1S/C3HN6S/c1-4-7-3(10-1)2-5-8-9-6-2/h1H. The van der Waals surface area contributed by atoms with E-state index in [1.807, 2.05) is 0 Å².